The van der Waals surface area contributed by atoms with Gasteiger partial charge in [0, 0.05) is 25.7 Å². The van der Waals surface area contributed by atoms with Crippen molar-refractivity contribution in [2.75, 3.05) is 32.7 Å². The second-order valence-corrected chi connectivity index (χ2v) is 7.73. The Kier molecular flexibility index (Phi) is 6.78. The third-order valence-electron chi connectivity index (χ3n) is 5.12. The van der Waals surface area contributed by atoms with E-state index in [0.717, 1.165) is 36.8 Å². The Morgan fingerprint density at radius 2 is 2.15 bits per heavy atom. The van der Waals surface area contributed by atoms with E-state index in [0.29, 0.717) is 6.54 Å². The van der Waals surface area contributed by atoms with Crippen LogP contribution in [-0.4, -0.2) is 55.7 Å². The van der Waals surface area contributed by atoms with E-state index in [1.165, 1.54) is 37.9 Å². The van der Waals surface area contributed by atoms with Gasteiger partial charge in [-0.1, -0.05) is 12.1 Å². The first-order valence-corrected chi connectivity index (χ1v) is 10.1. The molecule has 144 valence electrons. The molecule has 1 saturated carbocycles. The van der Waals surface area contributed by atoms with Crippen LogP contribution in [0.5, 0.6) is 5.75 Å². The molecule has 0 radical (unpaired) electrons. The number of hydrogen-bond acceptors (Lipinski definition) is 3. The highest BCUT2D eigenvalue weighted by atomic mass is 16.5. The lowest BCUT2D eigenvalue weighted by atomic mass is 10.1. The Morgan fingerprint density at radius 3 is 2.88 bits per heavy atom. The van der Waals surface area contributed by atoms with Crippen molar-refractivity contribution in [2.45, 2.75) is 52.2 Å². The number of aliphatic imine (C=N–C) groups is 1. The van der Waals surface area contributed by atoms with Crippen LogP contribution in [0.2, 0.25) is 0 Å². The van der Waals surface area contributed by atoms with Gasteiger partial charge in [-0.25, -0.2) is 4.99 Å². The van der Waals surface area contributed by atoms with Crippen molar-refractivity contribution in [3.8, 4) is 5.75 Å². The van der Waals surface area contributed by atoms with E-state index >= 15 is 0 Å². The molecule has 1 aliphatic carbocycles. The lowest BCUT2D eigenvalue weighted by molar-refractivity contribution is 0.230. The molecule has 1 aliphatic heterocycles. The maximum Gasteiger partial charge on any atom is 0.191 e. The lowest BCUT2D eigenvalue weighted by Crippen LogP contribution is -2.41. The van der Waals surface area contributed by atoms with Gasteiger partial charge >= 0.3 is 0 Å². The molecule has 26 heavy (non-hydrogen) atoms. The van der Waals surface area contributed by atoms with Crippen molar-refractivity contribution < 1.29 is 4.74 Å². The Morgan fingerprint density at radius 1 is 1.31 bits per heavy atom. The summed E-state index contributed by atoms with van der Waals surface area (Å²) in [5.74, 6) is 2.55. The fourth-order valence-corrected chi connectivity index (χ4v) is 3.56. The number of ether oxygens (including phenoxy) is 1. The third-order valence-corrected chi connectivity index (χ3v) is 5.12. The topological polar surface area (TPSA) is 48.9 Å². The second-order valence-electron chi connectivity index (χ2n) is 7.73. The zero-order chi connectivity index (χ0) is 18.4. The molecule has 2 aliphatic rings. The summed E-state index contributed by atoms with van der Waals surface area (Å²) in [7, 11) is 0. The van der Waals surface area contributed by atoms with Crippen LogP contribution in [0.15, 0.2) is 29.3 Å². The fraction of sp³-hybridized carbons (Fsp3) is 0.667. The largest absolute Gasteiger partial charge is 0.489 e. The summed E-state index contributed by atoms with van der Waals surface area (Å²) in [5.41, 5.74) is 1.21. The number of guanidine groups is 1. The first-order chi connectivity index (χ1) is 12.6. The van der Waals surface area contributed by atoms with Gasteiger partial charge in [-0.15, -0.1) is 0 Å². The number of benzene rings is 1. The Labute approximate surface area is 158 Å². The van der Waals surface area contributed by atoms with E-state index < -0.39 is 0 Å². The number of nitrogens with zero attached hydrogens (tertiary/aromatic N) is 2. The smallest absolute Gasteiger partial charge is 0.191 e. The monoisotopic (exact) mass is 358 g/mol. The Hall–Kier alpha value is -1.75. The van der Waals surface area contributed by atoms with Gasteiger partial charge in [0.1, 0.15) is 11.9 Å². The predicted octanol–water partition coefficient (Wildman–Crippen LogP) is 2.80. The quantitative estimate of drug-likeness (QED) is 0.554. The first kappa shape index (κ1) is 19.0. The highest BCUT2D eigenvalue weighted by molar-refractivity contribution is 5.79. The number of likely N-dealkylation sites (tertiary alicyclic amines) is 1. The molecule has 1 aromatic rings. The molecule has 0 spiro atoms. The predicted molar refractivity (Wildman–Crippen MR) is 108 cm³/mol. The van der Waals surface area contributed by atoms with Crippen molar-refractivity contribution in [3.63, 3.8) is 0 Å². The molecule has 2 atom stereocenters. The van der Waals surface area contributed by atoms with Gasteiger partial charge in [-0.05, 0) is 70.2 Å². The molecule has 0 aromatic heterocycles. The minimum atomic E-state index is 0.0455. The normalized spacial score (nSPS) is 22.3. The van der Waals surface area contributed by atoms with Crippen LogP contribution >= 0.6 is 0 Å². The highest BCUT2D eigenvalue weighted by Gasteiger charge is 2.34. The summed E-state index contributed by atoms with van der Waals surface area (Å²) >= 11 is 0. The molecular formula is C21H34N4O. The molecule has 1 saturated heterocycles. The van der Waals surface area contributed by atoms with E-state index in [4.69, 9.17) is 9.73 Å². The van der Waals surface area contributed by atoms with Crippen LogP contribution in [0.3, 0.4) is 0 Å². The summed E-state index contributed by atoms with van der Waals surface area (Å²) in [6.45, 7) is 11.3. The summed E-state index contributed by atoms with van der Waals surface area (Å²) in [6.07, 6.45) is 4.16. The van der Waals surface area contributed by atoms with Crippen LogP contribution in [0.25, 0.3) is 0 Å². The van der Waals surface area contributed by atoms with Crippen LogP contribution in [0.1, 0.15) is 38.7 Å². The number of aryl methyl sites for hydroxylation is 1. The van der Waals surface area contributed by atoms with Crippen molar-refractivity contribution in [3.05, 3.63) is 29.8 Å². The second kappa shape index (κ2) is 9.26. The molecule has 5 nitrogen and oxygen atoms in total. The number of rotatable bonds is 8. The van der Waals surface area contributed by atoms with Crippen LogP contribution in [0.4, 0.5) is 0 Å². The molecule has 0 bridgehead atoms. The maximum absolute atomic E-state index is 5.98. The van der Waals surface area contributed by atoms with E-state index in [1.807, 2.05) is 12.1 Å². The van der Waals surface area contributed by atoms with Gasteiger partial charge in [0.15, 0.2) is 5.96 Å². The third kappa shape index (κ3) is 5.90. The molecule has 1 heterocycles. The van der Waals surface area contributed by atoms with E-state index in [-0.39, 0.29) is 6.10 Å². The summed E-state index contributed by atoms with van der Waals surface area (Å²) in [4.78, 5) is 7.38. The van der Waals surface area contributed by atoms with Crippen molar-refractivity contribution >= 4 is 5.96 Å². The van der Waals surface area contributed by atoms with Crippen molar-refractivity contribution in [1.82, 2.24) is 15.5 Å². The number of nitrogens with one attached hydrogen (secondary N) is 2. The molecular weight excluding hydrogens is 324 g/mol. The minimum absolute atomic E-state index is 0.0455. The SMILES string of the molecule is CCNC(=NCC(C)Oc1cccc(C)c1)NCC1CCN(C2CC2)C1. The van der Waals surface area contributed by atoms with Gasteiger partial charge in [0.2, 0.25) is 0 Å². The van der Waals surface area contributed by atoms with Gasteiger partial charge in [-0.3, -0.25) is 0 Å². The average molecular weight is 359 g/mol. The minimum Gasteiger partial charge on any atom is -0.489 e. The van der Waals surface area contributed by atoms with Crippen LogP contribution < -0.4 is 15.4 Å². The van der Waals surface area contributed by atoms with Crippen LogP contribution in [0, 0.1) is 12.8 Å². The van der Waals surface area contributed by atoms with Gasteiger partial charge in [0.25, 0.3) is 0 Å². The maximum atomic E-state index is 5.98. The molecule has 0 amide bonds. The summed E-state index contributed by atoms with van der Waals surface area (Å²) in [5, 5.41) is 6.88. The van der Waals surface area contributed by atoms with Gasteiger partial charge in [0.05, 0.1) is 6.54 Å². The zero-order valence-corrected chi connectivity index (χ0v) is 16.5. The summed E-state index contributed by atoms with van der Waals surface area (Å²) in [6, 6.07) is 9.06. The van der Waals surface area contributed by atoms with Crippen molar-refractivity contribution in [1.29, 1.82) is 0 Å². The van der Waals surface area contributed by atoms with Crippen molar-refractivity contribution in [2.24, 2.45) is 10.9 Å². The number of hydrogen-bond donors (Lipinski definition) is 2. The Balaban J connectivity index is 1.43. The standard InChI is InChI=1S/C21H34N4O/c1-4-22-21(24-14-18-10-11-25(15-18)19-8-9-19)23-13-17(3)26-20-7-5-6-16(2)12-20/h5-7,12,17-19H,4,8-11,13-15H2,1-3H3,(H2,22,23,24). The van der Waals surface area contributed by atoms with Crippen LogP contribution in [-0.2, 0) is 0 Å². The summed E-state index contributed by atoms with van der Waals surface area (Å²) < 4.78 is 5.98. The van der Waals surface area contributed by atoms with E-state index in [1.54, 1.807) is 0 Å². The van der Waals surface area contributed by atoms with E-state index in [9.17, 15) is 0 Å². The fourth-order valence-electron chi connectivity index (χ4n) is 3.56. The molecule has 3 rings (SSSR count). The Bertz CT molecular complexity index is 599. The van der Waals surface area contributed by atoms with Gasteiger partial charge in [-0.2, -0.15) is 0 Å². The molecule has 1 aromatic carbocycles. The lowest BCUT2D eigenvalue weighted by Gasteiger charge is -2.18. The zero-order valence-electron chi connectivity index (χ0n) is 16.5. The van der Waals surface area contributed by atoms with Gasteiger partial charge < -0.3 is 20.3 Å². The molecule has 5 heteroatoms. The molecule has 2 N–H and O–H groups in total. The molecule has 2 unspecified atom stereocenters. The highest BCUT2D eigenvalue weighted by Crippen LogP contribution is 2.31. The molecule has 2 fully saturated rings. The average Bonchev–Trinajstić information content (AvgIpc) is 3.36. The first-order valence-electron chi connectivity index (χ1n) is 10.1. The van der Waals surface area contributed by atoms with E-state index in [2.05, 4.69) is 48.4 Å².